The van der Waals surface area contributed by atoms with Gasteiger partial charge in [-0.3, -0.25) is 0 Å². The van der Waals surface area contributed by atoms with Crippen molar-refractivity contribution in [1.82, 2.24) is 0 Å². The monoisotopic (exact) mass is 239 g/mol. The predicted octanol–water partition coefficient (Wildman–Crippen LogP) is 3.92. The first kappa shape index (κ1) is 12.8. The fourth-order valence-corrected chi connectivity index (χ4v) is 2.39. The highest BCUT2D eigenvalue weighted by Gasteiger charge is 2.21. The molecule has 0 aromatic heterocycles. The van der Waals surface area contributed by atoms with E-state index in [9.17, 15) is 0 Å². The largest absolute Gasteiger partial charge is 0.327 e. The van der Waals surface area contributed by atoms with E-state index in [0.717, 1.165) is 0 Å². The molecule has 94 valence electrons. The molecule has 2 aromatic rings. The molecular formula is C17H21N. The Kier molecular flexibility index (Phi) is 4.16. The first-order valence-corrected chi connectivity index (χ1v) is 6.55. The molecule has 0 saturated carbocycles. The summed E-state index contributed by atoms with van der Waals surface area (Å²) in [6, 6.07) is 21.1. The molecule has 2 aromatic carbocycles. The minimum atomic E-state index is 0.134. The highest BCUT2D eigenvalue weighted by molar-refractivity contribution is 5.25. The highest BCUT2D eigenvalue weighted by Crippen LogP contribution is 2.28. The molecule has 0 aliphatic heterocycles. The Labute approximate surface area is 110 Å². The van der Waals surface area contributed by atoms with E-state index in [4.69, 9.17) is 5.73 Å². The first-order chi connectivity index (χ1) is 8.70. The SMILES string of the molecule is CC(c1ccccc1)C(N)C(C)c1ccccc1. The second-order valence-corrected chi connectivity index (χ2v) is 4.98. The third-order valence-electron chi connectivity index (χ3n) is 3.81. The smallest absolute Gasteiger partial charge is 0.0172 e. The van der Waals surface area contributed by atoms with Crippen molar-refractivity contribution >= 4 is 0 Å². The third-order valence-corrected chi connectivity index (χ3v) is 3.81. The molecule has 0 aliphatic rings. The lowest BCUT2D eigenvalue weighted by molar-refractivity contribution is 0.492. The Hall–Kier alpha value is -1.60. The first-order valence-electron chi connectivity index (χ1n) is 6.55. The van der Waals surface area contributed by atoms with Crippen molar-refractivity contribution in [1.29, 1.82) is 0 Å². The zero-order valence-corrected chi connectivity index (χ0v) is 11.1. The van der Waals surface area contributed by atoms with Crippen LogP contribution in [0.1, 0.15) is 36.8 Å². The topological polar surface area (TPSA) is 26.0 Å². The van der Waals surface area contributed by atoms with Crippen LogP contribution in [0.3, 0.4) is 0 Å². The molecule has 2 N–H and O–H groups in total. The summed E-state index contributed by atoms with van der Waals surface area (Å²) in [4.78, 5) is 0. The normalized spacial score (nSPS) is 15.9. The average molecular weight is 239 g/mol. The molecule has 0 fully saturated rings. The highest BCUT2D eigenvalue weighted by atomic mass is 14.7. The van der Waals surface area contributed by atoms with E-state index in [-0.39, 0.29) is 6.04 Å². The lowest BCUT2D eigenvalue weighted by atomic mass is 9.83. The van der Waals surface area contributed by atoms with Gasteiger partial charge in [-0.2, -0.15) is 0 Å². The van der Waals surface area contributed by atoms with Gasteiger partial charge in [-0.1, -0.05) is 74.5 Å². The van der Waals surface area contributed by atoms with E-state index in [1.165, 1.54) is 11.1 Å². The van der Waals surface area contributed by atoms with Crippen LogP contribution in [-0.4, -0.2) is 6.04 Å². The van der Waals surface area contributed by atoms with Gasteiger partial charge >= 0.3 is 0 Å². The molecule has 0 bridgehead atoms. The molecule has 2 rings (SSSR count). The minimum Gasteiger partial charge on any atom is -0.327 e. The van der Waals surface area contributed by atoms with E-state index in [1.54, 1.807) is 0 Å². The van der Waals surface area contributed by atoms with Gasteiger partial charge in [0.25, 0.3) is 0 Å². The second kappa shape index (κ2) is 5.83. The lowest BCUT2D eigenvalue weighted by Gasteiger charge is -2.26. The van der Waals surface area contributed by atoms with Crippen molar-refractivity contribution in [3.63, 3.8) is 0 Å². The van der Waals surface area contributed by atoms with Crippen LogP contribution in [-0.2, 0) is 0 Å². The summed E-state index contributed by atoms with van der Waals surface area (Å²) in [6.07, 6.45) is 0. The summed E-state index contributed by atoms with van der Waals surface area (Å²) in [5.41, 5.74) is 9.05. The van der Waals surface area contributed by atoms with Gasteiger partial charge < -0.3 is 5.73 Å². The molecule has 0 spiro atoms. The summed E-state index contributed by atoms with van der Waals surface area (Å²) >= 11 is 0. The zero-order chi connectivity index (χ0) is 13.0. The van der Waals surface area contributed by atoms with Crippen LogP contribution >= 0.6 is 0 Å². The summed E-state index contributed by atoms with van der Waals surface area (Å²) in [7, 11) is 0. The average Bonchev–Trinajstić information content (AvgIpc) is 2.47. The maximum Gasteiger partial charge on any atom is 0.0172 e. The van der Waals surface area contributed by atoms with Gasteiger partial charge in [-0.05, 0) is 23.0 Å². The Morgan fingerprint density at radius 3 is 1.33 bits per heavy atom. The lowest BCUT2D eigenvalue weighted by Crippen LogP contribution is -2.32. The standard InChI is InChI=1S/C17H21N/c1-13(15-9-5-3-6-10-15)17(18)14(2)16-11-7-4-8-12-16/h3-14,17H,18H2,1-2H3. The van der Waals surface area contributed by atoms with Crippen molar-refractivity contribution < 1.29 is 0 Å². The van der Waals surface area contributed by atoms with Crippen molar-refractivity contribution in [3.05, 3.63) is 71.8 Å². The molecule has 0 aliphatic carbocycles. The van der Waals surface area contributed by atoms with E-state index < -0.39 is 0 Å². The minimum absolute atomic E-state index is 0.134. The van der Waals surface area contributed by atoms with Gasteiger partial charge in [0.05, 0.1) is 0 Å². The van der Waals surface area contributed by atoms with Gasteiger partial charge in [0.2, 0.25) is 0 Å². The second-order valence-electron chi connectivity index (χ2n) is 4.98. The molecule has 0 heterocycles. The van der Waals surface area contributed by atoms with Gasteiger partial charge in [-0.25, -0.2) is 0 Å². The molecule has 0 saturated heterocycles. The number of benzene rings is 2. The summed E-state index contributed by atoms with van der Waals surface area (Å²) in [5.74, 6) is 0.725. The molecular weight excluding hydrogens is 218 g/mol. The molecule has 2 unspecified atom stereocenters. The Morgan fingerprint density at radius 1 is 0.667 bits per heavy atom. The number of rotatable bonds is 4. The van der Waals surface area contributed by atoms with E-state index in [0.29, 0.717) is 11.8 Å². The summed E-state index contributed by atoms with van der Waals surface area (Å²) in [6.45, 7) is 4.42. The molecule has 1 nitrogen and oxygen atoms in total. The van der Waals surface area contributed by atoms with Gasteiger partial charge in [-0.15, -0.1) is 0 Å². The van der Waals surface area contributed by atoms with Crippen molar-refractivity contribution in [2.24, 2.45) is 5.73 Å². The van der Waals surface area contributed by atoms with Crippen LogP contribution in [0.5, 0.6) is 0 Å². The van der Waals surface area contributed by atoms with Crippen LogP contribution in [0.4, 0.5) is 0 Å². The Bertz CT molecular complexity index is 418. The van der Waals surface area contributed by atoms with Gasteiger partial charge in [0.15, 0.2) is 0 Å². The van der Waals surface area contributed by atoms with Crippen molar-refractivity contribution in [2.75, 3.05) is 0 Å². The summed E-state index contributed by atoms with van der Waals surface area (Å²) in [5, 5.41) is 0. The number of hydrogen-bond acceptors (Lipinski definition) is 1. The van der Waals surface area contributed by atoms with Crippen molar-refractivity contribution in [2.45, 2.75) is 31.7 Å². The fraction of sp³-hybridized carbons (Fsp3) is 0.294. The maximum absolute atomic E-state index is 6.42. The van der Waals surface area contributed by atoms with E-state index in [1.807, 2.05) is 12.1 Å². The molecule has 2 atom stereocenters. The van der Waals surface area contributed by atoms with Crippen LogP contribution in [0.2, 0.25) is 0 Å². The van der Waals surface area contributed by atoms with Crippen LogP contribution < -0.4 is 5.73 Å². The van der Waals surface area contributed by atoms with Gasteiger partial charge in [0, 0.05) is 6.04 Å². The van der Waals surface area contributed by atoms with Crippen LogP contribution in [0, 0.1) is 0 Å². The molecule has 18 heavy (non-hydrogen) atoms. The third kappa shape index (κ3) is 2.80. The van der Waals surface area contributed by atoms with Crippen molar-refractivity contribution in [3.8, 4) is 0 Å². The van der Waals surface area contributed by atoms with Crippen LogP contribution in [0.25, 0.3) is 0 Å². The Balaban J connectivity index is 2.14. The van der Waals surface area contributed by atoms with Crippen LogP contribution in [0.15, 0.2) is 60.7 Å². The Morgan fingerprint density at radius 2 is 1.00 bits per heavy atom. The fourth-order valence-electron chi connectivity index (χ4n) is 2.39. The molecule has 0 amide bonds. The number of nitrogens with two attached hydrogens (primary N) is 1. The van der Waals surface area contributed by atoms with E-state index >= 15 is 0 Å². The maximum atomic E-state index is 6.42. The van der Waals surface area contributed by atoms with Gasteiger partial charge in [0.1, 0.15) is 0 Å². The summed E-state index contributed by atoms with van der Waals surface area (Å²) < 4.78 is 0. The van der Waals surface area contributed by atoms with E-state index in [2.05, 4.69) is 62.4 Å². The molecule has 0 radical (unpaired) electrons. The predicted molar refractivity (Wildman–Crippen MR) is 77.7 cm³/mol. The quantitative estimate of drug-likeness (QED) is 0.859. The number of hydrogen-bond donors (Lipinski definition) is 1. The zero-order valence-electron chi connectivity index (χ0n) is 11.1. The molecule has 1 heteroatoms.